The molecule has 0 aromatic heterocycles. The van der Waals surface area contributed by atoms with Gasteiger partial charge in [0, 0.05) is 6.54 Å². The Hall–Kier alpha value is -1.06. The van der Waals surface area contributed by atoms with E-state index in [0.29, 0.717) is 18.4 Å². The van der Waals surface area contributed by atoms with Gasteiger partial charge < -0.3 is 10.4 Å². The predicted molar refractivity (Wildman–Crippen MR) is 49.3 cm³/mol. The van der Waals surface area contributed by atoms with E-state index in [1.54, 1.807) is 0 Å². The zero-order valence-corrected chi connectivity index (χ0v) is 8.33. The molecule has 1 amide bonds. The molecule has 4 heteroatoms. The van der Waals surface area contributed by atoms with E-state index < -0.39 is 18.3 Å². The molecule has 0 saturated heterocycles. The third-order valence-electron chi connectivity index (χ3n) is 2.07. The molecule has 1 atom stereocenters. The molecule has 0 spiro atoms. The Morgan fingerprint density at radius 2 is 1.85 bits per heavy atom. The number of amides is 1. The first-order valence-electron chi connectivity index (χ1n) is 4.42. The average molecular weight is 187 g/mol. The summed E-state index contributed by atoms with van der Waals surface area (Å²) in [5, 5.41) is 10.9. The molecule has 13 heavy (non-hydrogen) atoms. The van der Waals surface area contributed by atoms with Crippen LogP contribution in [0.4, 0.5) is 0 Å². The second kappa shape index (κ2) is 5.56. The third kappa shape index (κ3) is 6.13. The van der Waals surface area contributed by atoms with E-state index in [0.717, 1.165) is 0 Å². The Balaban J connectivity index is 3.64. The second-order valence-corrected chi connectivity index (χ2v) is 3.60. The Kier molecular flexibility index (Phi) is 5.11. The van der Waals surface area contributed by atoms with Crippen LogP contribution in [0.5, 0.6) is 0 Å². The van der Waals surface area contributed by atoms with Gasteiger partial charge in [0.25, 0.3) is 0 Å². The summed E-state index contributed by atoms with van der Waals surface area (Å²) >= 11 is 0. The lowest BCUT2D eigenvalue weighted by Crippen LogP contribution is -2.31. The fourth-order valence-corrected chi connectivity index (χ4v) is 0.710. The largest absolute Gasteiger partial charge is 0.481 e. The van der Waals surface area contributed by atoms with Crippen molar-refractivity contribution >= 4 is 11.9 Å². The van der Waals surface area contributed by atoms with Crippen molar-refractivity contribution in [3.05, 3.63) is 0 Å². The van der Waals surface area contributed by atoms with Crippen LogP contribution in [0.2, 0.25) is 0 Å². The van der Waals surface area contributed by atoms with Gasteiger partial charge >= 0.3 is 5.97 Å². The third-order valence-corrected chi connectivity index (χ3v) is 2.07. The Morgan fingerprint density at radius 3 is 2.23 bits per heavy atom. The summed E-state index contributed by atoms with van der Waals surface area (Å²) < 4.78 is 0. The van der Waals surface area contributed by atoms with Gasteiger partial charge in [0.2, 0.25) is 5.91 Å². The van der Waals surface area contributed by atoms with Gasteiger partial charge in [-0.2, -0.15) is 0 Å². The molecular weight excluding hydrogens is 170 g/mol. The maximum absolute atomic E-state index is 10.9. The summed E-state index contributed by atoms with van der Waals surface area (Å²) in [6.07, 6.45) is -0.440. The van der Waals surface area contributed by atoms with Crippen molar-refractivity contribution in [2.75, 3.05) is 6.54 Å². The monoisotopic (exact) mass is 187 g/mol. The Bertz CT molecular complexity index is 189. The van der Waals surface area contributed by atoms with Crippen LogP contribution in [0.3, 0.4) is 0 Å². The zero-order chi connectivity index (χ0) is 10.4. The highest BCUT2D eigenvalue weighted by Crippen LogP contribution is 2.07. The SMILES string of the molecule is CC(C)C(C)CNC(=O)CC(=O)O. The molecule has 0 aromatic carbocycles. The molecule has 0 aliphatic carbocycles. The molecule has 0 bridgehead atoms. The molecule has 1 unspecified atom stereocenters. The Morgan fingerprint density at radius 1 is 1.31 bits per heavy atom. The average Bonchev–Trinajstić information content (AvgIpc) is 1.98. The molecule has 0 rings (SSSR count). The molecule has 0 aromatic rings. The molecule has 4 nitrogen and oxygen atoms in total. The number of aliphatic carboxylic acids is 1. The number of nitrogens with one attached hydrogen (secondary N) is 1. The summed E-state index contributed by atoms with van der Waals surface area (Å²) in [5.74, 6) is -0.641. The molecule has 0 aliphatic heterocycles. The van der Waals surface area contributed by atoms with Crippen LogP contribution in [0.25, 0.3) is 0 Å². The first-order chi connectivity index (χ1) is 5.93. The van der Waals surface area contributed by atoms with E-state index >= 15 is 0 Å². The van der Waals surface area contributed by atoms with E-state index in [9.17, 15) is 9.59 Å². The minimum Gasteiger partial charge on any atom is -0.481 e. The fourth-order valence-electron chi connectivity index (χ4n) is 0.710. The molecular formula is C9H17NO3. The van der Waals surface area contributed by atoms with Gasteiger partial charge in [-0.15, -0.1) is 0 Å². The van der Waals surface area contributed by atoms with Gasteiger partial charge in [-0.1, -0.05) is 20.8 Å². The van der Waals surface area contributed by atoms with Gasteiger partial charge in [-0.25, -0.2) is 0 Å². The van der Waals surface area contributed by atoms with Crippen molar-refractivity contribution in [1.29, 1.82) is 0 Å². The van der Waals surface area contributed by atoms with Gasteiger partial charge in [-0.05, 0) is 11.8 Å². The number of rotatable bonds is 5. The topological polar surface area (TPSA) is 66.4 Å². The number of carboxylic acids is 1. The highest BCUT2D eigenvalue weighted by molar-refractivity contribution is 5.93. The highest BCUT2D eigenvalue weighted by Gasteiger charge is 2.10. The summed E-state index contributed by atoms with van der Waals surface area (Å²) in [6.45, 7) is 6.69. The first kappa shape index (κ1) is 11.9. The summed E-state index contributed by atoms with van der Waals surface area (Å²) in [5.41, 5.74) is 0. The predicted octanol–water partition coefficient (Wildman–Crippen LogP) is 0.869. The van der Waals surface area contributed by atoms with Crippen LogP contribution >= 0.6 is 0 Å². The van der Waals surface area contributed by atoms with Crippen molar-refractivity contribution < 1.29 is 14.7 Å². The number of hydrogen-bond acceptors (Lipinski definition) is 2. The Labute approximate surface area is 78.3 Å². The van der Waals surface area contributed by atoms with E-state index in [-0.39, 0.29) is 0 Å². The van der Waals surface area contributed by atoms with Crippen LogP contribution in [0, 0.1) is 11.8 Å². The van der Waals surface area contributed by atoms with Crippen LogP contribution in [0.1, 0.15) is 27.2 Å². The number of hydrogen-bond donors (Lipinski definition) is 2. The number of carbonyl (C=O) groups is 2. The highest BCUT2D eigenvalue weighted by atomic mass is 16.4. The van der Waals surface area contributed by atoms with Gasteiger partial charge in [0.05, 0.1) is 0 Å². The maximum atomic E-state index is 10.9. The van der Waals surface area contributed by atoms with E-state index in [2.05, 4.69) is 19.2 Å². The summed E-state index contributed by atoms with van der Waals surface area (Å²) in [4.78, 5) is 21.0. The van der Waals surface area contributed by atoms with Crippen LogP contribution in [-0.2, 0) is 9.59 Å². The number of carbonyl (C=O) groups excluding carboxylic acids is 1. The van der Waals surface area contributed by atoms with Gasteiger partial charge in [0.1, 0.15) is 6.42 Å². The molecule has 0 fully saturated rings. The van der Waals surface area contributed by atoms with E-state index in [4.69, 9.17) is 5.11 Å². The van der Waals surface area contributed by atoms with Crippen molar-refractivity contribution in [3.63, 3.8) is 0 Å². The van der Waals surface area contributed by atoms with Crippen LogP contribution in [-0.4, -0.2) is 23.5 Å². The zero-order valence-electron chi connectivity index (χ0n) is 8.33. The van der Waals surface area contributed by atoms with Crippen LogP contribution < -0.4 is 5.32 Å². The molecule has 0 radical (unpaired) electrons. The lowest BCUT2D eigenvalue weighted by molar-refractivity contribution is -0.140. The standard InChI is InChI=1S/C9H17NO3/c1-6(2)7(3)5-10-8(11)4-9(12)13/h6-7H,4-5H2,1-3H3,(H,10,11)(H,12,13). The lowest BCUT2D eigenvalue weighted by Gasteiger charge is -2.15. The minimum atomic E-state index is -1.09. The van der Waals surface area contributed by atoms with E-state index in [1.807, 2.05) is 6.92 Å². The minimum absolute atomic E-state index is 0.373. The fraction of sp³-hybridized carbons (Fsp3) is 0.778. The molecule has 0 heterocycles. The quantitative estimate of drug-likeness (QED) is 0.627. The molecule has 0 aliphatic rings. The first-order valence-corrected chi connectivity index (χ1v) is 4.42. The lowest BCUT2D eigenvalue weighted by atomic mass is 9.98. The molecule has 76 valence electrons. The summed E-state index contributed by atoms with van der Waals surface area (Å²) in [6, 6.07) is 0. The van der Waals surface area contributed by atoms with Crippen molar-refractivity contribution in [1.82, 2.24) is 5.32 Å². The summed E-state index contributed by atoms with van der Waals surface area (Å²) in [7, 11) is 0. The van der Waals surface area contributed by atoms with Crippen LogP contribution in [0.15, 0.2) is 0 Å². The number of carboxylic acid groups (broad SMARTS) is 1. The van der Waals surface area contributed by atoms with Crippen molar-refractivity contribution in [2.45, 2.75) is 27.2 Å². The van der Waals surface area contributed by atoms with Gasteiger partial charge in [0.15, 0.2) is 0 Å². The van der Waals surface area contributed by atoms with Crippen molar-refractivity contribution in [2.24, 2.45) is 11.8 Å². The van der Waals surface area contributed by atoms with Gasteiger partial charge in [-0.3, -0.25) is 9.59 Å². The second-order valence-electron chi connectivity index (χ2n) is 3.60. The van der Waals surface area contributed by atoms with Crippen molar-refractivity contribution in [3.8, 4) is 0 Å². The molecule has 0 saturated carbocycles. The maximum Gasteiger partial charge on any atom is 0.312 e. The van der Waals surface area contributed by atoms with E-state index in [1.165, 1.54) is 0 Å². The smallest absolute Gasteiger partial charge is 0.312 e. The molecule has 2 N–H and O–H groups in total. The normalized spacial score (nSPS) is 12.6.